The van der Waals surface area contributed by atoms with Crippen LogP contribution in [0.2, 0.25) is 0 Å². The number of nitro groups is 1. The van der Waals surface area contributed by atoms with Crippen LogP contribution in [0.5, 0.6) is 0 Å². The molecule has 0 saturated carbocycles. The van der Waals surface area contributed by atoms with Crippen LogP contribution in [0.15, 0.2) is 18.2 Å². The third kappa shape index (κ3) is 2.14. The Hall–Kier alpha value is -1.30. The number of non-ortho nitro benzene ring substituents is 1. The molecule has 0 saturated heterocycles. The average molecular weight is 221 g/mol. The Morgan fingerprint density at radius 2 is 2.00 bits per heavy atom. The zero-order valence-corrected chi connectivity index (χ0v) is 7.52. The van der Waals surface area contributed by atoms with E-state index in [2.05, 4.69) is 0 Å². The Morgan fingerprint density at radius 3 is 2.36 bits per heavy atom. The quantitative estimate of drug-likeness (QED) is 0.431. The first-order valence-electron chi connectivity index (χ1n) is 3.32. The Morgan fingerprint density at radius 1 is 1.43 bits per heavy atom. The molecule has 1 aromatic carbocycles. The Bertz CT molecular complexity index is 428. The lowest BCUT2D eigenvalue weighted by molar-refractivity contribution is -0.385. The lowest BCUT2D eigenvalue weighted by Gasteiger charge is -2.03. The van der Waals surface area contributed by atoms with Crippen molar-refractivity contribution in [1.82, 2.24) is 0 Å². The maximum Gasteiger partial charge on any atom is 0.359 e. The Kier molecular flexibility index (Phi) is 2.66. The summed E-state index contributed by atoms with van der Waals surface area (Å²) in [6, 6.07) is 2.00. The standard InChI is InChI=1S/C6H5FNO5P/c7-5-3-4(8(9)10)1-2-6(5)14(11,12)13/h1-3H,(H2,11,12,13). The van der Waals surface area contributed by atoms with Crippen LogP contribution >= 0.6 is 7.60 Å². The van der Waals surface area contributed by atoms with E-state index in [0.717, 1.165) is 6.07 Å². The van der Waals surface area contributed by atoms with Gasteiger partial charge in [-0.2, -0.15) is 0 Å². The smallest absolute Gasteiger partial charge is 0.321 e. The topological polar surface area (TPSA) is 101 Å². The van der Waals surface area contributed by atoms with Gasteiger partial charge in [0.2, 0.25) is 0 Å². The van der Waals surface area contributed by atoms with Gasteiger partial charge in [-0.3, -0.25) is 14.7 Å². The summed E-state index contributed by atoms with van der Waals surface area (Å²) in [6.07, 6.45) is 0. The third-order valence-corrected chi connectivity index (χ3v) is 2.45. The van der Waals surface area contributed by atoms with Crippen LogP contribution in [-0.4, -0.2) is 14.7 Å². The molecule has 1 rings (SSSR count). The van der Waals surface area contributed by atoms with E-state index >= 15 is 0 Å². The fourth-order valence-electron chi connectivity index (χ4n) is 0.846. The molecule has 0 heterocycles. The van der Waals surface area contributed by atoms with E-state index in [1.165, 1.54) is 0 Å². The molecule has 0 radical (unpaired) electrons. The van der Waals surface area contributed by atoms with Crippen LogP contribution in [0.4, 0.5) is 10.1 Å². The van der Waals surface area contributed by atoms with Gasteiger partial charge < -0.3 is 9.79 Å². The molecule has 2 N–H and O–H groups in total. The third-order valence-electron chi connectivity index (χ3n) is 1.46. The van der Waals surface area contributed by atoms with Gasteiger partial charge in [0.05, 0.1) is 16.3 Å². The number of nitrogens with zero attached hydrogens (tertiary/aromatic N) is 1. The summed E-state index contributed by atoms with van der Waals surface area (Å²) in [5, 5.41) is 9.31. The molecule has 0 spiro atoms. The molecule has 0 aromatic heterocycles. The van der Waals surface area contributed by atoms with Crippen molar-refractivity contribution in [3.63, 3.8) is 0 Å². The highest BCUT2D eigenvalue weighted by Crippen LogP contribution is 2.34. The zero-order valence-electron chi connectivity index (χ0n) is 6.62. The highest BCUT2D eigenvalue weighted by Gasteiger charge is 2.23. The molecule has 0 aliphatic carbocycles. The van der Waals surface area contributed by atoms with E-state index in [4.69, 9.17) is 9.79 Å². The van der Waals surface area contributed by atoms with E-state index in [1.54, 1.807) is 0 Å². The number of nitro benzene ring substituents is 1. The van der Waals surface area contributed by atoms with E-state index in [1.807, 2.05) is 0 Å². The van der Waals surface area contributed by atoms with Gasteiger partial charge in [-0.05, 0) is 6.07 Å². The summed E-state index contributed by atoms with van der Waals surface area (Å²) in [4.78, 5) is 26.5. The number of hydrogen-bond donors (Lipinski definition) is 2. The van der Waals surface area contributed by atoms with Crippen molar-refractivity contribution in [2.45, 2.75) is 0 Å². The summed E-state index contributed by atoms with van der Waals surface area (Å²) in [6.45, 7) is 0. The van der Waals surface area contributed by atoms with Crippen molar-refractivity contribution >= 4 is 18.6 Å². The van der Waals surface area contributed by atoms with Crippen LogP contribution in [0, 0.1) is 15.9 Å². The van der Waals surface area contributed by atoms with Crippen molar-refractivity contribution in [2.75, 3.05) is 0 Å². The molecule has 76 valence electrons. The molecule has 1 aromatic rings. The second kappa shape index (κ2) is 3.45. The van der Waals surface area contributed by atoms with Crippen LogP contribution in [0.25, 0.3) is 0 Å². The van der Waals surface area contributed by atoms with E-state index in [0.29, 0.717) is 12.1 Å². The first kappa shape index (κ1) is 10.8. The van der Waals surface area contributed by atoms with Gasteiger partial charge in [0.15, 0.2) is 0 Å². The molecule has 0 aliphatic heterocycles. The first-order chi connectivity index (χ1) is 6.32. The average Bonchev–Trinajstić information content (AvgIpc) is 2.01. The number of benzene rings is 1. The molecule has 0 fully saturated rings. The molecular weight excluding hydrogens is 216 g/mol. The number of rotatable bonds is 2. The molecule has 0 amide bonds. The van der Waals surface area contributed by atoms with Crippen LogP contribution in [-0.2, 0) is 4.57 Å². The molecule has 0 bridgehead atoms. The molecule has 8 heteroatoms. The van der Waals surface area contributed by atoms with E-state index < -0.39 is 29.3 Å². The first-order valence-corrected chi connectivity index (χ1v) is 4.93. The van der Waals surface area contributed by atoms with Crippen LogP contribution < -0.4 is 5.30 Å². The number of hydrogen-bond acceptors (Lipinski definition) is 3. The van der Waals surface area contributed by atoms with Crippen molar-refractivity contribution in [1.29, 1.82) is 0 Å². The summed E-state index contributed by atoms with van der Waals surface area (Å²) in [7, 11) is -4.70. The minimum atomic E-state index is -4.70. The molecule has 0 aliphatic rings. The van der Waals surface area contributed by atoms with Crippen molar-refractivity contribution in [3.8, 4) is 0 Å². The van der Waals surface area contributed by atoms with Crippen LogP contribution in [0.1, 0.15) is 0 Å². The highest BCUT2D eigenvalue weighted by molar-refractivity contribution is 7.60. The van der Waals surface area contributed by atoms with Gasteiger partial charge >= 0.3 is 7.60 Å². The molecule has 0 unspecified atom stereocenters. The lowest BCUT2D eigenvalue weighted by Crippen LogP contribution is -2.09. The Labute approximate surface area is 77.3 Å². The summed E-state index contributed by atoms with van der Waals surface area (Å²) in [5.41, 5.74) is -0.556. The maximum absolute atomic E-state index is 12.9. The lowest BCUT2D eigenvalue weighted by atomic mass is 10.3. The predicted molar refractivity (Wildman–Crippen MR) is 44.7 cm³/mol. The van der Waals surface area contributed by atoms with E-state index in [-0.39, 0.29) is 0 Å². The molecule has 6 nitrogen and oxygen atoms in total. The largest absolute Gasteiger partial charge is 0.359 e. The van der Waals surface area contributed by atoms with Gasteiger partial charge in [0.25, 0.3) is 5.69 Å². The Balaban J connectivity index is 3.28. The molecular formula is C6H5FNO5P. The summed E-state index contributed by atoms with van der Waals surface area (Å²) in [5.74, 6) is -1.28. The zero-order chi connectivity index (χ0) is 10.9. The van der Waals surface area contributed by atoms with Crippen LogP contribution in [0.3, 0.4) is 0 Å². The van der Waals surface area contributed by atoms with Gasteiger partial charge in [-0.15, -0.1) is 0 Å². The van der Waals surface area contributed by atoms with Crippen molar-refractivity contribution < 1.29 is 23.7 Å². The van der Waals surface area contributed by atoms with Crippen molar-refractivity contribution in [2.24, 2.45) is 0 Å². The predicted octanol–water partition coefficient (Wildman–Crippen LogP) is 0.537. The van der Waals surface area contributed by atoms with E-state index in [9.17, 15) is 19.1 Å². The van der Waals surface area contributed by atoms with Gasteiger partial charge in [0, 0.05) is 6.07 Å². The minimum absolute atomic E-state index is 0.467. The second-order valence-corrected chi connectivity index (χ2v) is 4.01. The van der Waals surface area contributed by atoms with Gasteiger partial charge in [-0.1, -0.05) is 0 Å². The van der Waals surface area contributed by atoms with Gasteiger partial charge in [0.1, 0.15) is 5.82 Å². The maximum atomic E-state index is 12.9. The number of halogens is 1. The fraction of sp³-hybridized carbons (Fsp3) is 0. The summed E-state index contributed by atoms with van der Waals surface area (Å²) < 4.78 is 23.5. The minimum Gasteiger partial charge on any atom is -0.321 e. The van der Waals surface area contributed by atoms with Crippen molar-refractivity contribution in [3.05, 3.63) is 34.1 Å². The highest BCUT2D eigenvalue weighted by atomic mass is 31.2. The fourth-order valence-corrected chi connectivity index (χ4v) is 1.46. The summed E-state index contributed by atoms with van der Waals surface area (Å²) >= 11 is 0. The SMILES string of the molecule is O=[N+]([O-])c1ccc(P(=O)(O)O)c(F)c1. The molecule has 14 heavy (non-hydrogen) atoms. The monoisotopic (exact) mass is 221 g/mol. The normalized spacial score (nSPS) is 11.4. The van der Waals surface area contributed by atoms with Gasteiger partial charge in [-0.25, -0.2) is 4.39 Å². The second-order valence-electron chi connectivity index (χ2n) is 2.44. The molecule has 0 atom stereocenters.